The van der Waals surface area contributed by atoms with Crippen LogP contribution in [0.2, 0.25) is 0 Å². The molecule has 1 N–H and O–H groups in total. The third kappa shape index (κ3) is 4.48. The Hall–Kier alpha value is -1.55. The number of halogens is 2. The van der Waals surface area contributed by atoms with Crippen LogP contribution in [0.5, 0.6) is 0 Å². The Labute approximate surface area is 166 Å². The number of nitrogens with one attached hydrogen (secondary N) is 1. The number of carbonyl (C=O) groups excluding carboxylic acids is 1. The van der Waals surface area contributed by atoms with Gasteiger partial charge in [0.15, 0.2) is 9.84 Å². The van der Waals surface area contributed by atoms with Crippen LogP contribution in [0, 0.1) is 5.82 Å². The number of aromatic nitrogens is 1. The van der Waals surface area contributed by atoms with Crippen molar-refractivity contribution in [1.82, 2.24) is 10.3 Å². The number of amidine groups is 1. The number of alkyl carbamates (subject to hydrolysis) is 1. The van der Waals surface area contributed by atoms with Gasteiger partial charge in [-0.25, -0.2) is 22.6 Å². The molecule has 1 atom stereocenters. The number of rotatable bonds is 1. The van der Waals surface area contributed by atoms with Crippen LogP contribution in [-0.2, 0) is 20.1 Å². The molecule has 2 rings (SSSR count). The van der Waals surface area contributed by atoms with E-state index in [4.69, 9.17) is 4.74 Å². The quantitative estimate of drug-likeness (QED) is 0.643. The minimum atomic E-state index is -3.79. The second-order valence-electron chi connectivity index (χ2n) is 8.12. The van der Waals surface area contributed by atoms with Gasteiger partial charge in [0.05, 0.1) is 11.9 Å². The SMILES string of the molecule is CC(C)(C)OC(=O)NC1=N[C@](C)(c2cc(Br)ncc2F)CS(=O)(=O)C1(C)C. The second kappa shape index (κ2) is 6.80. The highest BCUT2D eigenvalue weighted by molar-refractivity contribution is 9.10. The highest BCUT2D eigenvalue weighted by Gasteiger charge is 2.51. The summed E-state index contributed by atoms with van der Waals surface area (Å²) in [5.74, 6) is -1.20. The first-order valence-electron chi connectivity index (χ1n) is 8.22. The largest absolute Gasteiger partial charge is 0.444 e. The van der Waals surface area contributed by atoms with Crippen LogP contribution >= 0.6 is 15.9 Å². The molecule has 0 aliphatic carbocycles. The van der Waals surface area contributed by atoms with E-state index < -0.39 is 43.4 Å². The van der Waals surface area contributed by atoms with E-state index in [0.717, 1.165) is 6.20 Å². The van der Waals surface area contributed by atoms with E-state index in [1.54, 1.807) is 20.8 Å². The molecule has 1 aromatic rings. The van der Waals surface area contributed by atoms with Crippen LogP contribution < -0.4 is 5.32 Å². The average molecular weight is 464 g/mol. The van der Waals surface area contributed by atoms with Crippen molar-refractivity contribution >= 4 is 37.7 Å². The van der Waals surface area contributed by atoms with Gasteiger partial charge in [0.1, 0.15) is 32.1 Å². The molecular formula is C17H23BrFN3O4S. The highest BCUT2D eigenvalue weighted by Crippen LogP contribution is 2.38. The lowest BCUT2D eigenvalue weighted by atomic mass is 9.94. The van der Waals surface area contributed by atoms with Crippen LogP contribution in [0.4, 0.5) is 9.18 Å². The van der Waals surface area contributed by atoms with Gasteiger partial charge in [-0.05, 0) is 63.5 Å². The zero-order valence-corrected chi connectivity index (χ0v) is 18.5. The molecule has 150 valence electrons. The van der Waals surface area contributed by atoms with E-state index in [1.165, 1.54) is 26.8 Å². The molecule has 0 unspecified atom stereocenters. The second-order valence-corrected chi connectivity index (χ2v) is 11.5. The van der Waals surface area contributed by atoms with Crippen molar-refractivity contribution in [2.45, 2.75) is 57.4 Å². The Kier molecular flexibility index (Phi) is 5.48. The zero-order chi connectivity index (χ0) is 20.8. The molecule has 27 heavy (non-hydrogen) atoms. The molecule has 0 fully saturated rings. The van der Waals surface area contributed by atoms with Crippen molar-refractivity contribution in [3.05, 3.63) is 28.2 Å². The highest BCUT2D eigenvalue weighted by atomic mass is 79.9. The van der Waals surface area contributed by atoms with Crippen molar-refractivity contribution in [1.29, 1.82) is 0 Å². The Bertz CT molecular complexity index is 909. The number of nitrogens with zero attached hydrogens (tertiary/aromatic N) is 2. The van der Waals surface area contributed by atoms with Gasteiger partial charge in [-0.15, -0.1) is 0 Å². The molecular weight excluding hydrogens is 441 g/mol. The van der Waals surface area contributed by atoms with Crippen molar-refractivity contribution in [2.24, 2.45) is 4.99 Å². The third-order valence-corrected chi connectivity index (χ3v) is 7.32. The number of hydrogen-bond acceptors (Lipinski definition) is 6. The Balaban J connectivity index is 2.57. The van der Waals surface area contributed by atoms with Gasteiger partial charge in [0.25, 0.3) is 0 Å². The lowest BCUT2D eigenvalue weighted by molar-refractivity contribution is 0.0560. The number of pyridine rings is 1. The first-order chi connectivity index (χ1) is 12.1. The van der Waals surface area contributed by atoms with Crippen molar-refractivity contribution in [3.8, 4) is 0 Å². The first kappa shape index (κ1) is 21.7. The Morgan fingerprint density at radius 2 is 1.93 bits per heavy atom. The minimum absolute atomic E-state index is 0.0620. The van der Waals surface area contributed by atoms with Crippen LogP contribution in [0.1, 0.15) is 47.1 Å². The van der Waals surface area contributed by atoms with Gasteiger partial charge in [0.2, 0.25) is 0 Å². The molecule has 0 saturated carbocycles. The van der Waals surface area contributed by atoms with Gasteiger partial charge in [-0.2, -0.15) is 0 Å². The van der Waals surface area contributed by atoms with Gasteiger partial charge in [-0.1, -0.05) is 0 Å². The minimum Gasteiger partial charge on any atom is -0.444 e. The summed E-state index contributed by atoms with van der Waals surface area (Å²) in [6.07, 6.45) is 0.165. The van der Waals surface area contributed by atoms with E-state index in [0.29, 0.717) is 4.60 Å². The van der Waals surface area contributed by atoms with Gasteiger partial charge in [0, 0.05) is 5.56 Å². The van der Waals surface area contributed by atoms with Crippen molar-refractivity contribution in [2.75, 3.05) is 5.75 Å². The average Bonchev–Trinajstić information content (AvgIpc) is 2.45. The predicted molar refractivity (Wildman–Crippen MR) is 104 cm³/mol. The smallest absolute Gasteiger partial charge is 0.413 e. The summed E-state index contributed by atoms with van der Waals surface area (Å²) in [6, 6.07) is 1.39. The number of carbonyl (C=O) groups is 1. The van der Waals surface area contributed by atoms with Crippen LogP contribution in [0.15, 0.2) is 21.9 Å². The van der Waals surface area contributed by atoms with E-state index in [9.17, 15) is 17.6 Å². The number of ether oxygens (including phenoxy) is 1. The zero-order valence-electron chi connectivity index (χ0n) is 16.1. The number of sulfone groups is 1. The van der Waals surface area contributed by atoms with Crippen molar-refractivity contribution in [3.63, 3.8) is 0 Å². The molecule has 0 bridgehead atoms. The molecule has 1 aliphatic rings. The molecule has 0 saturated heterocycles. The summed E-state index contributed by atoms with van der Waals surface area (Å²) in [7, 11) is -3.79. The normalized spacial score (nSPS) is 24.1. The predicted octanol–water partition coefficient (Wildman–Crippen LogP) is 3.33. The summed E-state index contributed by atoms with van der Waals surface area (Å²) in [4.78, 5) is 20.4. The molecule has 0 aromatic carbocycles. The van der Waals surface area contributed by atoms with Crippen LogP contribution in [0.3, 0.4) is 0 Å². The van der Waals surface area contributed by atoms with Gasteiger partial charge in [-0.3, -0.25) is 10.3 Å². The summed E-state index contributed by atoms with van der Waals surface area (Å²) < 4.78 is 44.4. The maximum Gasteiger partial charge on any atom is 0.413 e. The Morgan fingerprint density at radius 1 is 1.33 bits per heavy atom. The molecule has 0 radical (unpaired) electrons. The molecule has 1 aliphatic heterocycles. The topological polar surface area (TPSA) is 97.7 Å². The fourth-order valence-corrected chi connectivity index (χ4v) is 4.70. The third-order valence-electron chi connectivity index (χ3n) is 4.20. The first-order valence-corrected chi connectivity index (χ1v) is 10.7. The molecule has 2 heterocycles. The molecule has 1 aromatic heterocycles. The number of amides is 1. The monoisotopic (exact) mass is 463 g/mol. The standard InChI is InChI=1S/C17H23BrFN3O4S/c1-15(2,3)26-14(23)21-13-16(4,5)27(24,25)9-17(6,22-13)10-7-12(18)20-8-11(10)19/h7-8H,9H2,1-6H3,(H,21,22,23)/t17-/m0/s1. The van der Waals surface area contributed by atoms with E-state index in [1.807, 2.05) is 0 Å². The molecule has 1 amide bonds. The van der Waals surface area contributed by atoms with E-state index in [2.05, 4.69) is 31.2 Å². The number of aliphatic imine (C=N–C) groups is 1. The molecule has 0 spiro atoms. The fraction of sp³-hybridized carbons (Fsp3) is 0.588. The Morgan fingerprint density at radius 3 is 2.48 bits per heavy atom. The number of hydrogen-bond donors (Lipinski definition) is 1. The lowest BCUT2D eigenvalue weighted by Gasteiger charge is -2.39. The van der Waals surface area contributed by atoms with Gasteiger partial charge < -0.3 is 4.74 Å². The molecule has 7 nitrogen and oxygen atoms in total. The van der Waals surface area contributed by atoms with Crippen LogP contribution in [0.25, 0.3) is 0 Å². The molecule has 10 heteroatoms. The summed E-state index contributed by atoms with van der Waals surface area (Å²) in [6.45, 7) is 9.44. The maximum atomic E-state index is 14.4. The lowest BCUT2D eigenvalue weighted by Crippen LogP contribution is -2.58. The summed E-state index contributed by atoms with van der Waals surface area (Å²) in [5, 5.41) is 2.44. The van der Waals surface area contributed by atoms with E-state index in [-0.39, 0.29) is 11.4 Å². The van der Waals surface area contributed by atoms with E-state index >= 15 is 0 Å². The summed E-state index contributed by atoms with van der Waals surface area (Å²) in [5.41, 5.74) is -2.14. The maximum absolute atomic E-state index is 14.4. The summed E-state index contributed by atoms with van der Waals surface area (Å²) >= 11 is 3.16. The van der Waals surface area contributed by atoms with Crippen molar-refractivity contribution < 1.29 is 22.3 Å². The fourth-order valence-electron chi connectivity index (χ4n) is 2.65. The van der Waals surface area contributed by atoms with Crippen LogP contribution in [-0.4, -0.2) is 41.4 Å². The van der Waals surface area contributed by atoms with Gasteiger partial charge >= 0.3 is 6.09 Å².